The van der Waals surface area contributed by atoms with E-state index < -0.39 is 0 Å². The van der Waals surface area contributed by atoms with Gasteiger partial charge in [0.1, 0.15) is 5.66 Å². The molecule has 0 aromatic heterocycles. The molecular weight excluding hydrogens is 312 g/mol. The molecule has 1 aromatic carbocycles. The van der Waals surface area contributed by atoms with Crippen LogP contribution in [0.5, 0.6) is 0 Å². The fraction of sp³-hybridized carbons (Fsp3) is 0.579. The van der Waals surface area contributed by atoms with Gasteiger partial charge in [-0.15, -0.1) is 0 Å². The first-order chi connectivity index (χ1) is 12.1. The molecule has 0 bridgehead atoms. The van der Waals surface area contributed by atoms with Gasteiger partial charge in [-0.25, -0.2) is 4.99 Å². The highest BCUT2D eigenvalue weighted by Gasteiger charge is 2.42. The monoisotopic (exact) mass is 342 g/mol. The third kappa shape index (κ3) is 3.63. The van der Waals surface area contributed by atoms with Crippen LogP contribution in [0, 0.1) is 0 Å². The van der Waals surface area contributed by atoms with E-state index in [0.29, 0.717) is 11.9 Å². The Kier molecular flexibility index (Phi) is 5.27. The molecule has 1 fully saturated rings. The van der Waals surface area contributed by atoms with Gasteiger partial charge in [0.2, 0.25) is 11.9 Å². The van der Waals surface area contributed by atoms with Crippen molar-refractivity contribution in [3.63, 3.8) is 0 Å². The molecule has 0 unspecified atom stereocenters. The van der Waals surface area contributed by atoms with Gasteiger partial charge < -0.3 is 11.5 Å². The molecule has 2 aliphatic rings. The van der Waals surface area contributed by atoms with E-state index in [1.807, 2.05) is 0 Å². The third-order valence-corrected chi connectivity index (χ3v) is 5.35. The average molecular weight is 342 g/mol. The van der Waals surface area contributed by atoms with Gasteiger partial charge in [-0.05, 0) is 56.5 Å². The second-order valence-electron chi connectivity index (χ2n) is 6.95. The van der Waals surface area contributed by atoms with Crippen LogP contribution in [0.2, 0.25) is 0 Å². The number of aliphatic imine (C=N–C) groups is 2. The van der Waals surface area contributed by atoms with E-state index in [2.05, 4.69) is 52.9 Å². The van der Waals surface area contributed by atoms with Crippen LogP contribution in [-0.4, -0.2) is 35.6 Å². The minimum absolute atomic E-state index is 0.300. The van der Waals surface area contributed by atoms with Crippen molar-refractivity contribution in [1.82, 2.24) is 4.90 Å². The maximum absolute atomic E-state index is 6.28. The lowest BCUT2D eigenvalue weighted by Crippen LogP contribution is -2.58. The Bertz CT molecular complexity index is 638. The van der Waals surface area contributed by atoms with Crippen LogP contribution < -0.4 is 16.4 Å². The first kappa shape index (κ1) is 17.7. The number of benzene rings is 1. The Balaban J connectivity index is 1.87. The molecule has 6 heteroatoms. The molecule has 4 N–H and O–H groups in total. The summed E-state index contributed by atoms with van der Waals surface area (Å²) in [5, 5.41) is 0. The molecule has 1 aromatic rings. The van der Waals surface area contributed by atoms with Crippen LogP contribution in [0.15, 0.2) is 34.3 Å². The van der Waals surface area contributed by atoms with E-state index in [9.17, 15) is 0 Å². The van der Waals surface area contributed by atoms with E-state index in [1.54, 1.807) is 0 Å². The maximum atomic E-state index is 6.28. The number of hydrogen-bond donors (Lipinski definition) is 2. The second-order valence-corrected chi connectivity index (χ2v) is 6.95. The molecule has 25 heavy (non-hydrogen) atoms. The maximum Gasteiger partial charge on any atom is 0.220 e. The van der Waals surface area contributed by atoms with Crippen LogP contribution in [-0.2, 0) is 6.54 Å². The van der Waals surface area contributed by atoms with Gasteiger partial charge in [0, 0.05) is 12.2 Å². The van der Waals surface area contributed by atoms with E-state index in [1.165, 1.54) is 12.0 Å². The van der Waals surface area contributed by atoms with E-state index in [-0.39, 0.29) is 5.66 Å². The fourth-order valence-electron chi connectivity index (χ4n) is 3.95. The summed E-state index contributed by atoms with van der Waals surface area (Å²) in [5.74, 6) is 0.750. The van der Waals surface area contributed by atoms with Crippen LogP contribution in [0.3, 0.4) is 0 Å². The molecule has 1 spiro atoms. The van der Waals surface area contributed by atoms with Crippen LogP contribution in [0.25, 0.3) is 0 Å². The number of nitrogens with zero attached hydrogens (tertiary/aromatic N) is 4. The minimum atomic E-state index is -0.367. The van der Waals surface area contributed by atoms with Crippen molar-refractivity contribution < 1.29 is 0 Å². The van der Waals surface area contributed by atoms with Crippen molar-refractivity contribution in [2.75, 3.05) is 18.0 Å². The zero-order chi connectivity index (χ0) is 17.9. The molecule has 1 saturated carbocycles. The standard InChI is InChI=1S/C19H30N6/c1-3-24(4-2)14-15-8-10-16(11-9-15)25-18(21)22-17(20)23-19(25)12-6-5-7-13-19/h8-11H,3-7,12-14H2,1-2H3,(H4,20,21,22,23). The molecule has 0 saturated heterocycles. The third-order valence-electron chi connectivity index (χ3n) is 5.35. The predicted octanol–water partition coefficient (Wildman–Crippen LogP) is 2.64. The van der Waals surface area contributed by atoms with Gasteiger partial charge >= 0.3 is 0 Å². The number of rotatable bonds is 5. The first-order valence-electron chi connectivity index (χ1n) is 9.39. The minimum Gasteiger partial charge on any atom is -0.369 e. The molecule has 3 rings (SSSR count). The molecule has 1 aliphatic carbocycles. The largest absolute Gasteiger partial charge is 0.369 e. The number of guanidine groups is 2. The van der Waals surface area contributed by atoms with Crippen molar-refractivity contribution in [1.29, 1.82) is 0 Å². The summed E-state index contributed by atoms with van der Waals surface area (Å²) in [6, 6.07) is 8.63. The highest BCUT2D eigenvalue weighted by atomic mass is 15.4. The summed E-state index contributed by atoms with van der Waals surface area (Å²) in [5.41, 5.74) is 14.2. The molecule has 136 valence electrons. The Hall–Kier alpha value is -2.08. The van der Waals surface area contributed by atoms with Crippen LogP contribution >= 0.6 is 0 Å². The molecule has 0 atom stereocenters. The Morgan fingerprint density at radius 3 is 2.28 bits per heavy atom. The van der Waals surface area contributed by atoms with E-state index in [4.69, 9.17) is 16.5 Å². The topological polar surface area (TPSA) is 83.2 Å². The molecular formula is C19H30N6. The lowest BCUT2D eigenvalue weighted by molar-refractivity contribution is 0.295. The summed E-state index contributed by atoms with van der Waals surface area (Å²) in [7, 11) is 0. The predicted molar refractivity (Wildman–Crippen MR) is 105 cm³/mol. The molecule has 0 radical (unpaired) electrons. The van der Waals surface area contributed by atoms with E-state index in [0.717, 1.165) is 51.0 Å². The van der Waals surface area contributed by atoms with Gasteiger partial charge in [0.25, 0.3) is 0 Å². The van der Waals surface area contributed by atoms with Crippen molar-refractivity contribution in [3.8, 4) is 0 Å². The number of hydrogen-bond acceptors (Lipinski definition) is 6. The number of anilines is 1. The summed E-state index contributed by atoms with van der Waals surface area (Å²) in [4.78, 5) is 13.4. The second kappa shape index (κ2) is 7.44. The zero-order valence-electron chi connectivity index (χ0n) is 15.4. The summed E-state index contributed by atoms with van der Waals surface area (Å²) >= 11 is 0. The molecule has 1 aliphatic heterocycles. The highest BCUT2D eigenvalue weighted by Crippen LogP contribution is 2.39. The van der Waals surface area contributed by atoms with Crippen molar-refractivity contribution in [3.05, 3.63) is 29.8 Å². The van der Waals surface area contributed by atoms with Gasteiger partial charge in [0.05, 0.1) is 0 Å². The Morgan fingerprint density at radius 1 is 1.04 bits per heavy atom. The highest BCUT2D eigenvalue weighted by molar-refractivity contribution is 6.05. The Morgan fingerprint density at radius 2 is 1.68 bits per heavy atom. The first-order valence-corrected chi connectivity index (χ1v) is 9.39. The molecule has 6 nitrogen and oxygen atoms in total. The molecule has 0 amide bonds. The van der Waals surface area contributed by atoms with Gasteiger partial charge in [-0.3, -0.25) is 9.80 Å². The van der Waals surface area contributed by atoms with Gasteiger partial charge in [0.15, 0.2) is 0 Å². The van der Waals surface area contributed by atoms with Gasteiger partial charge in [-0.1, -0.05) is 32.4 Å². The van der Waals surface area contributed by atoms with Crippen molar-refractivity contribution in [2.45, 2.75) is 58.2 Å². The normalized spacial score (nSPS) is 19.9. The lowest BCUT2D eigenvalue weighted by Gasteiger charge is -2.45. The SMILES string of the molecule is CCN(CC)Cc1ccc(N2C(N)=NC(N)=NC23CCCCC3)cc1. The van der Waals surface area contributed by atoms with Crippen molar-refractivity contribution >= 4 is 17.6 Å². The van der Waals surface area contributed by atoms with Crippen LogP contribution in [0.4, 0.5) is 5.69 Å². The molecule has 1 heterocycles. The van der Waals surface area contributed by atoms with Gasteiger partial charge in [-0.2, -0.15) is 4.99 Å². The summed E-state index contributed by atoms with van der Waals surface area (Å²) in [6.45, 7) is 7.46. The zero-order valence-corrected chi connectivity index (χ0v) is 15.4. The van der Waals surface area contributed by atoms with Crippen molar-refractivity contribution in [2.24, 2.45) is 21.5 Å². The van der Waals surface area contributed by atoms with E-state index >= 15 is 0 Å². The smallest absolute Gasteiger partial charge is 0.220 e. The lowest BCUT2D eigenvalue weighted by atomic mass is 9.87. The average Bonchev–Trinajstić information content (AvgIpc) is 2.61. The Labute approximate surface area is 150 Å². The number of nitrogens with two attached hydrogens (primary N) is 2. The quantitative estimate of drug-likeness (QED) is 0.861. The summed E-state index contributed by atoms with van der Waals surface area (Å²) < 4.78 is 0. The fourth-order valence-corrected chi connectivity index (χ4v) is 3.95. The summed E-state index contributed by atoms with van der Waals surface area (Å²) in [6.07, 6.45) is 5.45. The van der Waals surface area contributed by atoms with Crippen LogP contribution in [0.1, 0.15) is 51.5 Å².